The maximum absolute atomic E-state index is 12.1. The van der Waals surface area contributed by atoms with Gasteiger partial charge in [0.15, 0.2) is 5.13 Å². The number of halogens is 3. The molecule has 22 heavy (non-hydrogen) atoms. The van der Waals surface area contributed by atoms with Crippen LogP contribution in [0.4, 0.5) is 5.13 Å². The Morgan fingerprint density at radius 3 is 2.50 bits per heavy atom. The molecule has 3 aromatic rings. The van der Waals surface area contributed by atoms with Gasteiger partial charge in [-0.3, -0.25) is 10.1 Å². The average molecular weight is 390 g/mol. The van der Waals surface area contributed by atoms with E-state index in [0.29, 0.717) is 25.1 Å². The Morgan fingerprint density at radius 1 is 1.14 bits per heavy atom. The molecule has 0 saturated carbocycles. The first-order chi connectivity index (χ1) is 10.5. The van der Waals surface area contributed by atoms with Crippen LogP contribution in [0.15, 0.2) is 35.7 Å². The van der Waals surface area contributed by atoms with Crippen LogP contribution in [0.25, 0.3) is 10.6 Å². The van der Waals surface area contributed by atoms with E-state index in [-0.39, 0.29) is 5.91 Å². The van der Waals surface area contributed by atoms with E-state index >= 15 is 0 Å². The highest BCUT2D eigenvalue weighted by atomic mass is 35.5. The molecular weight excluding hydrogens is 383 g/mol. The Bertz CT molecular complexity index is 807. The van der Waals surface area contributed by atoms with Gasteiger partial charge < -0.3 is 0 Å². The first-order valence-electron chi connectivity index (χ1n) is 6.00. The van der Waals surface area contributed by atoms with E-state index in [1.807, 2.05) is 5.38 Å². The molecule has 2 heterocycles. The fraction of sp³-hybridized carbons (Fsp3) is 0. The van der Waals surface area contributed by atoms with E-state index in [9.17, 15) is 4.79 Å². The van der Waals surface area contributed by atoms with Crippen LogP contribution in [0.2, 0.25) is 14.4 Å². The van der Waals surface area contributed by atoms with Gasteiger partial charge >= 0.3 is 0 Å². The molecule has 3 rings (SSSR count). The van der Waals surface area contributed by atoms with Gasteiger partial charge in [-0.2, -0.15) is 0 Å². The normalized spacial score (nSPS) is 10.7. The molecule has 3 nitrogen and oxygen atoms in total. The van der Waals surface area contributed by atoms with Crippen LogP contribution >= 0.6 is 57.5 Å². The number of amides is 1. The fourth-order valence-electron chi connectivity index (χ4n) is 1.69. The summed E-state index contributed by atoms with van der Waals surface area (Å²) in [6.07, 6.45) is 0. The summed E-state index contributed by atoms with van der Waals surface area (Å²) in [5, 5.41) is 6.19. The molecule has 0 spiro atoms. The lowest BCUT2D eigenvalue weighted by atomic mass is 10.2. The highest BCUT2D eigenvalue weighted by molar-refractivity contribution is 7.20. The van der Waals surface area contributed by atoms with Gasteiger partial charge in [-0.15, -0.1) is 22.7 Å². The lowest BCUT2D eigenvalue weighted by Gasteiger charge is -2.01. The number of hydrogen-bond donors (Lipinski definition) is 1. The zero-order valence-corrected chi connectivity index (χ0v) is 14.7. The largest absolute Gasteiger partial charge is 0.298 e. The third-order valence-corrected chi connectivity index (χ3v) is 5.63. The minimum absolute atomic E-state index is 0.236. The second kappa shape index (κ2) is 6.56. The zero-order valence-electron chi connectivity index (χ0n) is 10.8. The van der Waals surface area contributed by atoms with Crippen LogP contribution in [0.1, 0.15) is 10.4 Å². The third-order valence-electron chi connectivity index (χ3n) is 2.73. The second-order valence-electron chi connectivity index (χ2n) is 4.23. The van der Waals surface area contributed by atoms with Gasteiger partial charge in [0.1, 0.15) is 4.34 Å². The van der Waals surface area contributed by atoms with Gasteiger partial charge in [0.2, 0.25) is 0 Å². The molecule has 0 radical (unpaired) electrons. The Kier molecular flexibility index (Phi) is 4.70. The first kappa shape index (κ1) is 15.8. The topological polar surface area (TPSA) is 42.0 Å². The summed E-state index contributed by atoms with van der Waals surface area (Å²) >= 11 is 20.4. The van der Waals surface area contributed by atoms with Gasteiger partial charge in [-0.05, 0) is 30.3 Å². The molecule has 0 unspecified atom stereocenters. The lowest BCUT2D eigenvalue weighted by molar-refractivity contribution is 0.102. The number of hydrogen-bond acceptors (Lipinski definition) is 4. The minimum Gasteiger partial charge on any atom is -0.298 e. The van der Waals surface area contributed by atoms with Crippen LogP contribution < -0.4 is 5.32 Å². The van der Waals surface area contributed by atoms with Crippen molar-refractivity contribution >= 4 is 68.5 Å². The molecule has 0 fully saturated rings. The number of nitrogens with zero attached hydrogens (tertiary/aromatic N) is 1. The van der Waals surface area contributed by atoms with E-state index in [0.717, 1.165) is 10.6 Å². The van der Waals surface area contributed by atoms with Crippen molar-refractivity contribution in [3.63, 3.8) is 0 Å². The second-order valence-corrected chi connectivity index (χ2v) is 7.59. The van der Waals surface area contributed by atoms with Gasteiger partial charge in [0, 0.05) is 16.0 Å². The van der Waals surface area contributed by atoms with E-state index in [2.05, 4.69) is 10.3 Å². The van der Waals surface area contributed by atoms with Gasteiger partial charge in [-0.25, -0.2) is 4.98 Å². The monoisotopic (exact) mass is 388 g/mol. The standard InChI is InChI=1S/C14H7Cl3N2OS2/c15-8-3-1-7(2-4-8)13(20)19-14-18-10(6-21-14)11-5-9(16)12(17)22-11/h1-6H,(H,18,19,20). The summed E-state index contributed by atoms with van der Waals surface area (Å²) in [6.45, 7) is 0. The molecule has 0 aliphatic rings. The Balaban J connectivity index is 1.76. The molecule has 1 aromatic carbocycles. The Hall–Kier alpha value is -1.11. The van der Waals surface area contributed by atoms with Crippen molar-refractivity contribution in [2.45, 2.75) is 0 Å². The summed E-state index contributed by atoms with van der Waals surface area (Å²) in [5.41, 5.74) is 1.25. The summed E-state index contributed by atoms with van der Waals surface area (Å²) < 4.78 is 0.524. The van der Waals surface area contributed by atoms with Gasteiger partial charge in [0.05, 0.1) is 15.6 Å². The SMILES string of the molecule is O=C(Nc1nc(-c2cc(Cl)c(Cl)s2)cs1)c1ccc(Cl)cc1. The van der Waals surface area contributed by atoms with Crippen LogP contribution in [-0.2, 0) is 0 Å². The van der Waals surface area contributed by atoms with Crippen molar-refractivity contribution in [2.75, 3.05) is 5.32 Å². The minimum atomic E-state index is -0.236. The number of anilines is 1. The maximum atomic E-state index is 12.1. The van der Waals surface area contributed by atoms with Crippen LogP contribution in [-0.4, -0.2) is 10.9 Å². The van der Waals surface area contributed by atoms with Crippen molar-refractivity contribution in [3.05, 3.63) is 55.7 Å². The number of thiazole rings is 1. The van der Waals surface area contributed by atoms with Gasteiger partial charge in [-0.1, -0.05) is 34.8 Å². The molecule has 112 valence electrons. The van der Waals surface area contributed by atoms with Crippen molar-refractivity contribution in [1.29, 1.82) is 0 Å². The molecule has 0 saturated heterocycles. The van der Waals surface area contributed by atoms with Crippen molar-refractivity contribution in [2.24, 2.45) is 0 Å². The van der Waals surface area contributed by atoms with E-state index in [1.54, 1.807) is 30.3 Å². The average Bonchev–Trinajstić information content (AvgIpc) is 3.07. The number of rotatable bonds is 3. The number of benzene rings is 1. The Morgan fingerprint density at radius 2 is 1.86 bits per heavy atom. The molecular formula is C14H7Cl3N2OS2. The third kappa shape index (κ3) is 3.45. The number of carbonyl (C=O) groups excluding carboxylic acids is 1. The summed E-state index contributed by atoms with van der Waals surface area (Å²) in [7, 11) is 0. The fourth-order valence-corrected chi connectivity index (χ4v) is 3.92. The van der Waals surface area contributed by atoms with Gasteiger partial charge in [0.25, 0.3) is 5.91 Å². The number of thiophene rings is 1. The van der Waals surface area contributed by atoms with Crippen LogP contribution in [0.3, 0.4) is 0 Å². The zero-order chi connectivity index (χ0) is 15.7. The van der Waals surface area contributed by atoms with E-state index in [4.69, 9.17) is 34.8 Å². The van der Waals surface area contributed by atoms with Crippen molar-refractivity contribution in [3.8, 4) is 10.6 Å². The summed E-state index contributed by atoms with van der Waals surface area (Å²) in [6, 6.07) is 8.41. The molecule has 1 amide bonds. The smallest absolute Gasteiger partial charge is 0.257 e. The molecule has 0 aliphatic heterocycles. The number of aromatic nitrogens is 1. The highest BCUT2D eigenvalue weighted by Crippen LogP contribution is 2.38. The highest BCUT2D eigenvalue weighted by Gasteiger charge is 2.13. The molecule has 2 aromatic heterocycles. The lowest BCUT2D eigenvalue weighted by Crippen LogP contribution is -2.11. The van der Waals surface area contributed by atoms with E-state index in [1.165, 1.54) is 22.7 Å². The predicted octanol–water partition coefficient (Wildman–Crippen LogP) is 6.08. The van der Waals surface area contributed by atoms with Crippen LogP contribution in [0, 0.1) is 0 Å². The molecule has 8 heteroatoms. The predicted molar refractivity (Wildman–Crippen MR) is 94.9 cm³/mol. The molecule has 0 bridgehead atoms. The van der Waals surface area contributed by atoms with Crippen molar-refractivity contribution < 1.29 is 4.79 Å². The maximum Gasteiger partial charge on any atom is 0.257 e. The summed E-state index contributed by atoms with van der Waals surface area (Å²) in [4.78, 5) is 17.3. The molecule has 1 N–H and O–H groups in total. The van der Waals surface area contributed by atoms with Crippen LogP contribution in [0.5, 0.6) is 0 Å². The quantitative estimate of drug-likeness (QED) is 0.589. The van der Waals surface area contributed by atoms with Crippen molar-refractivity contribution in [1.82, 2.24) is 4.98 Å². The molecule has 0 aliphatic carbocycles. The van der Waals surface area contributed by atoms with E-state index < -0.39 is 0 Å². The molecule has 0 atom stereocenters. The first-order valence-corrected chi connectivity index (χ1v) is 8.83. The number of carbonyl (C=O) groups is 1. The Labute approximate surface area is 149 Å². The summed E-state index contributed by atoms with van der Waals surface area (Å²) in [5.74, 6) is -0.236. The number of nitrogens with one attached hydrogen (secondary N) is 1.